The number of aromatic nitrogens is 2. The molecule has 3 aromatic rings. The molecule has 1 atom stereocenters. The van der Waals surface area contributed by atoms with Crippen molar-refractivity contribution < 1.29 is 9.53 Å². The van der Waals surface area contributed by atoms with E-state index in [4.69, 9.17) is 4.74 Å². The van der Waals surface area contributed by atoms with Gasteiger partial charge in [-0.25, -0.2) is 0 Å². The molecular weight excluding hydrogens is 440 g/mol. The van der Waals surface area contributed by atoms with Crippen molar-refractivity contribution in [2.45, 2.75) is 25.3 Å². The van der Waals surface area contributed by atoms with Crippen molar-refractivity contribution in [2.75, 3.05) is 63.2 Å². The fraction of sp³-hybridized carbons (Fsp3) is 0.444. The van der Waals surface area contributed by atoms with Crippen molar-refractivity contribution in [3.63, 3.8) is 0 Å². The van der Waals surface area contributed by atoms with Crippen molar-refractivity contribution in [3.8, 4) is 5.75 Å². The summed E-state index contributed by atoms with van der Waals surface area (Å²) in [6.45, 7) is 5.20. The predicted octanol–water partition coefficient (Wildman–Crippen LogP) is 3.18. The van der Waals surface area contributed by atoms with Gasteiger partial charge < -0.3 is 24.8 Å². The lowest BCUT2D eigenvalue weighted by atomic mass is 10.1. The number of hydrogen-bond donors (Lipinski definition) is 1. The van der Waals surface area contributed by atoms with Crippen LogP contribution in [-0.4, -0.2) is 80.5 Å². The molecule has 1 aromatic heterocycles. The van der Waals surface area contributed by atoms with Crippen LogP contribution in [0.25, 0.3) is 10.8 Å². The number of benzene rings is 2. The van der Waals surface area contributed by atoms with Gasteiger partial charge in [0.15, 0.2) is 11.5 Å². The topological polar surface area (TPSA) is 73.8 Å². The van der Waals surface area contributed by atoms with Crippen molar-refractivity contribution in [1.29, 1.82) is 0 Å². The van der Waals surface area contributed by atoms with Crippen LogP contribution in [0.15, 0.2) is 48.5 Å². The predicted molar refractivity (Wildman–Crippen MR) is 140 cm³/mol. The third-order valence-electron chi connectivity index (χ3n) is 7.32. The summed E-state index contributed by atoms with van der Waals surface area (Å²) in [6.07, 6.45) is 3.40. The maximum absolute atomic E-state index is 13.0. The molecule has 0 aliphatic carbocycles. The van der Waals surface area contributed by atoms with E-state index in [0.717, 1.165) is 67.2 Å². The molecule has 0 spiro atoms. The smallest absolute Gasteiger partial charge is 0.272 e. The SMILES string of the molecule is COc1cccc(N2CCN(c3nnc(C(=O)NCCC4CCCN4C)c4ccccc34)CC2)c1. The second kappa shape index (κ2) is 10.5. The van der Waals surface area contributed by atoms with Gasteiger partial charge in [-0.05, 0) is 45.0 Å². The summed E-state index contributed by atoms with van der Waals surface area (Å²) in [6, 6.07) is 16.7. The lowest BCUT2D eigenvalue weighted by Gasteiger charge is -2.37. The van der Waals surface area contributed by atoms with E-state index in [0.29, 0.717) is 18.3 Å². The Morgan fingerprint density at radius 3 is 2.51 bits per heavy atom. The van der Waals surface area contributed by atoms with Gasteiger partial charge in [-0.3, -0.25) is 4.79 Å². The summed E-state index contributed by atoms with van der Waals surface area (Å²) in [5.41, 5.74) is 1.56. The number of likely N-dealkylation sites (tertiary alicyclic amines) is 1. The van der Waals surface area contributed by atoms with E-state index in [1.807, 2.05) is 36.4 Å². The number of hydrogen-bond acceptors (Lipinski definition) is 7. The van der Waals surface area contributed by atoms with Crippen LogP contribution in [0.5, 0.6) is 5.75 Å². The summed E-state index contributed by atoms with van der Waals surface area (Å²) in [5.74, 6) is 1.56. The first-order valence-electron chi connectivity index (χ1n) is 12.5. The van der Waals surface area contributed by atoms with Crippen LogP contribution >= 0.6 is 0 Å². The molecule has 35 heavy (non-hydrogen) atoms. The molecule has 2 fully saturated rings. The Morgan fingerprint density at radius 1 is 1.00 bits per heavy atom. The summed E-state index contributed by atoms with van der Waals surface area (Å²) in [5, 5.41) is 13.8. The molecule has 184 valence electrons. The number of rotatable bonds is 7. The summed E-state index contributed by atoms with van der Waals surface area (Å²) in [4.78, 5) is 20.0. The third-order valence-corrected chi connectivity index (χ3v) is 7.32. The van der Waals surface area contributed by atoms with E-state index in [1.165, 1.54) is 12.8 Å². The van der Waals surface area contributed by atoms with Crippen molar-refractivity contribution >= 4 is 28.2 Å². The Kier molecular flexibility index (Phi) is 6.99. The molecular formula is C27H34N6O2. The Bertz CT molecular complexity index is 1180. The van der Waals surface area contributed by atoms with Gasteiger partial charge in [0.2, 0.25) is 0 Å². The van der Waals surface area contributed by atoms with Gasteiger partial charge in [-0.1, -0.05) is 30.3 Å². The molecule has 8 heteroatoms. The lowest BCUT2D eigenvalue weighted by molar-refractivity contribution is 0.0946. The molecule has 0 radical (unpaired) electrons. The Hall–Kier alpha value is -3.39. The molecule has 8 nitrogen and oxygen atoms in total. The van der Waals surface area contributed by atoms with Crippen LogP contribution in [0.4, 0.5) is 11.5 Å². The van der Waals surface area contributed by atoms with E-state index in [9.17, 15) is 4.79 Å². The average Bonchev–Trinajstić information content (AvgIpc) is 3.32. The third kappa shape index (κ3) is 5.03. The van der Waals surface area contributed by atoms with Gasteiger partial charge in [0, 0.05) is 61.3 Å². The van der Waals surface area contributed by atoms with Crippen molar-refractivity contribution in [3.05, 3.63) is 54.2 Å². The Morgan fingerprint density at radius 2 is 1.77 bits per heavy atom. The second-order valence-corrected chi connectivity index (χ2v) is 9.41. The number of fused-ring (bicyclic) bond motifs is 1. The standard InChI is InChI=1S/C27H34N6O2/c1-31-14-6-8-20(31)12-13-28-27(34)25-23-10-3-4-11-24(23)26(30-29-25)33-17-15-32(16-18-33)21-7-5-9-22(19-21)35-2/h3-5,7,9-11,19-20H,6,8,12-18H2,1-2H3,(H,28,34). The number of amides is 1. The van der Waals surface area contributed by atoms with Crippen LogP contribution < -0.4 is 19.9 Å². The summed E-state index contributed by atoms with van der Waals surface area (Å²) in [7, 11) is 3.85. The highest BCUT2D eigenvalue weighted by Gasteiger charge is 2.24. The minimum Gasteiger partial charge on any atom is -0.497 e. The maximum Gasteiger partial charge on any atom is 0.272 e. The molecule has 2 saturated heterocycles. The molecule has 2 aliphatic rings. The quantitative estimate of drug-likeness (QED) is 0.564. The highest BCUT2D eigenvalue weighted by atomic mass is 16.5. The monoisotopic (exact) mass is 474 g/mol. The molecule has 1 N–H and O–H groups in total. The van der Waals surface area contributed by atoms with Crippen molar-refractivity contribution in [1.82, 2.24) is 20.4 Å². The van der Waals surface area contributed by atoms with Crippen LogP contribution in [-0.2, 0) is 0 Å². The van der Waals surface area contributed by atoms with Crippen LogP contribution in [0, 0.1) is 0 Å². The first-order valence-corrected chi connectivity index (χ1v) is 12.5. The number of ether oxygens (including phenoxy) is 1. The Balaban J connectivity index is 1.28. The summed E-state index contributed by atoms with van der Waals surface area (Å²) < 4.78 is 5.38. The van der Waals surface area contributed by atoms with Gasteiger partial charge in [0.1, 0.15) is 5.75 Å². The number of anilines is 2. The maximum atomic E-state index is 13.0. The largest absolute Gasteiger partial charge is 0.497 e. The van der Waals surface area contributed by atoms with E-state index in [2.05, 4.69) is 49.4 Å². The normalized spacial score (nSPS) is 18.7. The molecule has 5 rings (SSSR count). The van der Waals surface area contributed by atoms with Gasteiger partial charge in [0.25, 0.3) is 5.91 Å². The molecule has 0 saturated carbocycles. The highest BCUT2D eigenvalue weighted by molar-refractivity contribution is 6.07. The van der Waals surface area contributed by atoms with Gasteiger partial charge in [-0.15, -0.1) is 10.2 Å². The molecule has 0 bridgehead atoms. The second-order valence-electron chi connectivity index (χ2n) is 9.41. The van der Waals surface area contributed by atoms with Gasteiger partial charge in [-0.2, -0.15) is 0 Å². The summed E-state index contributed by atoms with van der Waals surface area (Å²) >= 11 is 0. The van der Waals surface area contributed by atoms with Crippen LogP contribution in [0.1, 0.15) is 29.8 Å². The molecule has 3 heterocycles. The number of nitrogens with one attached hydrogen (secondary N) is 1. The highest BCUT2D eigenvalue weighted by Crippen LogP contribution is 2.28. The fourth-order valence-electron chi connectivity index (χ4n) is 5.25. The zero-order chi connectivity index (χ0) is 24.2. The average molecular weight is 475 g/mol. The van der Waals surface area contributed by atoms with E-state index >= 15 is 0 Å². The van der Waals surface area contributed by atoms with Crippen molar-refractivity contribution in [2.24, 2.45) is 0 Å². The first-order chi connectivity index (χ1) is 17.1. The van der Waals surface area contributed by atoms with Gasteiger partial charge in [0.05, 0.1) is 7.11 Å². The van der Waals surface area contributed by atoms with E-state index in [-0.39, 0.29) is 5.91 Å². The number of carbonyl (C=O) groups excluding carboxylic acids is 1. The Labute approximate surface area is 206 Å². The minimum absolute atomic E-state index is 0.149. The van der Waals surface area contributed by atoms with Crippen LogP contribution in [0.3, 0.4) is 0 Å². The van der Waals surface area contributed by atoms with Gasteiger partial charge >= 0.3 is 0 Å². The van der Waals surface area contributed by atoms with E-state index < -0.39 is 0 Å². The number of methoxy groups -OCH3 is 1. The molecule has 1 unspecified atom stereocenters. The zero-order valence-electron chi connectivity index (χ0n) is 20.6. The zero-order valence-corrected chi connectivity index (χ0v) is 20.6. The fourth-order valence-corrected chi connectivity index (χ4v) is 5.25. The molecule has 2 aliphatic heterocycles. The first kappa shape index (κ1) is 23.4. The number of nitrogens with zero attached hydrogens (tertiary/aromatic N) is 5. The van der Waals surface area contributed by atoms with E-state index in [1.54, 1.807) is 7.11 Å². The molecule has 1 amide bonds. The minimum atomic E-state index is -0.149. The molecule has 2 aromatic carbocycles. The number of carbonyl (C=O) groups is 1. The number of piperazine rings is 1. The lowest BCUT2D eigenvalue weighted by Crippen LogP contribution is -2.47. The van der Waals surface area contributed by atoms with Crippen LogP contribution in [0.2, 0.25) is 0 Å².